The quantitative estimate of drug-likeness (QED) is 0.764. The Balaban J connectivity index is 2.11. The molecule has 120 valence electrons. The molecule has 0 radical (unpaired) electrons. The lowest BCUT2D eigenvalue weighted by atomic mass is 10.2. The fourth-order valence-electron chi connectivity index (χ4n) is 2.31. The molecule has 0 saturated carbocycles. The van der Waals surface area contributed by atoms with Gasteiger partial charge in [0.1, 0.15) is 4.90 Å². The normalized spacial score (nSPS) is 24.3. The lowest BCUT2D eigenvalue weighted by molar-refractivity contribution is -0.0170. The molecule has 0 aromatic carbocycles. The predicted molar refractivity (Wildman–Crippen MR) is 79.5 cm³/mol. The Hall–Kier alpha value is -0.960. The summed E-state index contributed by atoms with van der Waals surface area (Å²) in [7, 11) is -3.50. The van der Waals surface area contributed by atoms with Gasteiger partial charge in [-0.25, -0.2) is 8.42 Å². The smallest absolute Gasteiger partial charge is 0.246 e. The van der Waals surface area contributed by atoms with Crippen LogP contribution in [0.2, 0.25) is 0 Å². The van der Waals surface area contributed by atoms with Crippen LogP contribution in [0.25, 0.3) is 0 Å². The van der Waals surface area contributed by atoms with Crippen molar-refractivity contribution in [3.05, 3.63) is 12.4 Å². The fraction of sp³-hybridized carbons (Fsp3) is 0.769. The van der Waals surface area contributed by atoms with Crippen LogP contribution in [0.5, 0.6) is 0 Å². The predicted octanol–water partition coefficient (Wildman–Crippen LogP) is 0.291. The van der Waals surface area contributed by atoms with E-state index in [1.54, 1.807) is 10.9 Å². The molecule has 0 bridgehead atoms. The van der Waals surface area contributed by atoms with Crippen molar-refractivity contribution < 1.29 is 13.2 Å². The van der Waals surface area contributed by atoms with Gasteiger partial charge in [-0.1, -0.05) is 6.92 Å². The van der Waals surface area contributed by atoms with Crippen molar-refractivity contribution in [2.75, 3.05) is 26.2 Å². The molecule has 2 atom stereocenters. The zero-order valence-electron chi connectivity index (χ0n) is 12.8. The molecular formula is C13H24N4O3S. The minimum Gasteiger partial charge on any atom is -0.375 e. The first kappa shape index (κ1) is 16.4. The molecule has 1 aromatic heterocycles. The minimum absolute atomic E-state index is 0.0835. The van der Waals surface area contributed by atoms with E-state index in [0.29, 0.717) is 19.7 Å². The molecule has 8 heteroatoms. The summed E-state index contributed by atoms with van der Waals surface area (Å²) in [4.78, 5) is 0.250. The maximum absolute atomic E-state index is 12.7. The topological polar surface area (TPSA) is 76.5 Å². The van der Waals surface area contributed by atoms with Crippen LogP contribution in [-0.4, -0.2) is 60.9 Å². The highest BCUT2D eigenvalue weighted by Gasteiger charge is 2.34. The average molecular weight is 316 g/mol. The van der Waals surface area contributed by atoms with E-state index in [9.17, 15) is 8.42 Å². The molecule has 0 spiro atoms. The van der Waals surface area contributed by atoms with E-state index in [0.717, 1.165) is 13.1 Å². The highest BCUT2D eigenvalue weighted by atomic mass is 32.2. The van der Waals surface area contributed by atoms with E-state index in [1.807, 2.05) is 20.8 Å². The molecule has 1 aromatic rings. The van der Waals surface area contributed by atoms with E-state index in [4.69, 9.17) is 4.74 Å². The van der Waals surface area contributed by atoms with Crippen LogP contribution in [0, 0.1) is 0 Å². The van der Waals surface area contributed by atoms with Crippen LogP contribution in [0.15, 0.2) is 17.3 Å². The van der Waals surface area contributed by atoms with Crippen LogP contribution in [0.4, 0.5) is 0 Å². The van der Waals surface area contributed by atoms with Gasteiger partial charge in [0.15, 0.2) is 0 Å². The summed E-state index contributed by atoms with van der Waals surface area (Å²) in [5, 5.41) is 7.32. The molecule has 0 amide bonds. The van der Waals surface area contributed by atoms with Gasteiger partial charge in [0.2, 0.25) is 10.0 Å². The van der Waals surface area contributed by atoms with Crippen molar-refractivity contribution in [3.63, 3.8) is 0 Å². The Morgan fingerprint density at radius 2 is 2.24 bits per heavy atom. The summed E-state index contributed by atoms with van der Waals surface area (Å²) in [6.45, 7) is 8.88. The highest BCUT2D eigenvalue weighted by molar-refractivity contribution is 7.89. The van der Waals surface area contributed by atoms with Gasteiger partial charge in [-0.05, 0) is 20.4 Å². The van der Waals surface area contributed by atoms with E-state index < -0.39 is 10.0 Å². The second kappa shape index (κ2) is 6.87. The Bertz CT molecular complexity index is 558. The summed E-state index contributed by atoms with van der Waals surface area (Å²) in [5.74, 6) is 0. The standard InChI is InChI=1S/C13H24N4O3S/c1-4-14-5-6-16-9-13(7-15-16)21(18,19)17-8-12(3)20-10-11(17)2/h7,9,11-12,14H,4-6,8,10H2,1-3H3. The molecule has 2 unspecified atom stereocenters. The van der Waals surface area contributed by atoms with Crippen LogP contribution >= 0.6 is 0 Å². The first-order valence-electron chi connectivity index (χ1n) is 7.31. The summed E-state index contributed by atoms with van der Waals surface area (Å²) in [5.41, 5.74) is 0. The zero-order chi connectivity index (χ0) is 15.5. The molecule has 1 aliphatic heterocycles. The first-order valence-corrected chi connectivity index (χ1v) is 8.75. The molecule has 1 fully saturated rings. The number of morpholine rings is 1. The largest absolute Gasteiger partial charge is 0.375 e. The van der Waals surface area contributed by atoms with Gasteiger partial charge >= 0.3 is 0 Å². The zero-order valence-corrected chi connectivity index (χ0v) is 13.6. The van der Waals surface area contributed by atoms with Crippen LogP contribution in [-0.2, 0) is 21.3 Å². The number of aromatic nitrogens is 2. The second-order valence-corrected chi connectivity index (χ2v) is 7.25. The number of ether oxygens (including phenoxy) is 1. The van der Waals surface area contributed by atoms with Crippen LogP contribution in [0.3, 0.4) is 0 Å². The fourth-order valence-corrected chi connectivity index (χ4v) is 3.96. The Labute approximate surface area is 126 Å². The van der Waals surface area contributed by atoms with Gasteiger partial charge in [-0.2, -0.15) is 9.40 Å². The number of likely N-dealkylation sites (N-methyl/N-ethyl adjacent to an activating group) is 1. The highest BCUT2D eigenvalue weighted by Crippen LogP contribution is 2.21. The Kier molecular flexibility index (Phi) is 5.37. The number of nitrogens with one attached hydrogen (secondary N) is 1. The van der Waals surface area contributed by atoms with Crippen molar-refractivity contribution in [2.45, 2.75) is 44.4 Å². The summed E-state index contributed by atoms with van der Waals surface area (Å²) in [6, 6.07) is -0.156. The molecule has 21 heavy (non-hydrogen) atoms. The van der Waals surface area contributed by atoms with Crippen LogP contribution < -0.4 is 5.32 Å². The molecule has 0 aliphatic carbocycles. The van der Waals surface area contributed by atoms with Gasteiger partial charge in [0.05, 0.1) is 25.5 Å². The monoisotopic (exact) mass is 316 g/mol. The van der Waals surface area contributed by atoms with E-state index in [2.05, 4.69) is 10.4 Å². The molecule has 2 rings (SSSR count). The summed E-state index contributed by atoms with van der Waals surface area (Å²) < 4.78 is 34.0. The lowest BCUT2D eigenvalue weighted by Gasteiger charge is -2.35. The van der Waals surface area contributed by atoms with Gasteiger partial charge in [0.25, 0.3) is 0 Å². The van der Waals surface area contributed by atoms with Gasteiger partial charge in [0, 0.05) is 25.3 Å². The molecular weight excluding hydrogens is 292 g/mol. The number of nitrogens with zero attached hydrogens (tertiary/aromatic N) is 3. The van der Waals surface area contributed by atoms with Gasteiger partial charge in [-0.3, -0.25) is 4.68 Å². The summed E-state index contributed by atoms with van der Waals surface area (Å²) >= 11 is 0. The van der Waals surface area contributed by atoms with Crippen molar-refractivity contribution >= 4 is 10.0 Å². The van der Waals surface area contributed by atoms with Crippen molar-refractivity contribution in [3.8, 4) is 0 Å². The molecule has 7 nitrogen and oxygen atoms in total. The van der Waals surface area contributed by atoms with E-state index >= 15 is 0 Å². The number of sulfonamides is 1. The third kappa shape index (κ3) is 3.82. The molecule has 1 saturated heterocycles. The van der Waals surface area contributed by atoms with Gasteiger partial charge < -0.3 is 10.1 Å². The first-order chi connectivity index (χ1) is 9.95. The molecule has 1 N–H and O–H groups in total. The Morgan fingerprint density at radius 3 is 2.95 bits per heavy atom. The minimum atomic E-state index is -3.50. The van der Waals surface area contributed by atoms with Crippen molar-refractivity contribution in [2.24, 2.45) is 0 Å². The summed E-state index contributed by atoms with van der Waals surface area (Å²) in [6.07, 6.45) is 2.94. The van der Waals surface area contributed by atoms with Crippen molar-refractivity contribution in [1.29, 1.82) is 0 Å². The lowest BCUT2D eigenvalue weighted by Crippen LogP contribution is -2.49. The maximum Gasteiger partial charge on any atom is 0.246 e. The average Bonchev–Trinajstić information content (AvgIpc) is 2.91. The third-order valence-corrected chi connectivity index (χ3v) is 5.47. The van der Waals surface area contributed by atoms with Gasteiger partial charge in [-0.15, -0.1) is 0 Å². The van der Waals surface area contributed by atoms with E-state index in [1.165, 1.54) is 10.5 Å². The molecule has 2 heterocycles. The number of rotatable bonds is 6. The molecule has 1 aliphatic rings. The van der Waals surface area contributed by atoms with Crippen molar-refractivity contribution in [1.82, 2.24) is 19.4 Å². The number of hydrogen-bond acceptors (Lipinski definition) is 5. The van der Waals surface area contributed by atoms with E-state index in [-0.39, 0.29) is 17.0 Å². The second-order valence-electron chi connectivity index (χ2n) is 5.36. The Morgan fingerprint density at radius 1 is 1.48 bits per heavy atom. The third-order valence-electron chi connectivity index (χ3n) is 3.53. The SMILES string of the molecule is CCNCCn1cc(S(=O)(=O)N2CC(C)OCC2C)cn1. The number of hydrogen-bond donors (Lipinski definition) is 1. The maximum atomic E-state index is 12.7. The van der Waals surface area contributed by atoms with Crippen LogP contribution in [0.1, 0.15) is 20.8 Å².